The van der Waals surface area contributed by atoms with Crippen molar-refractivity contribution < 1.29 is 14.6 Å². The summed E-state index contributed by atoms with van der Waals surface area (Å²) in [4.78, 5) is 0. The highest BCUT2D eigenvalue weighted by atomic mass is 32.2. The lowest BCUT2D eigenvalue weighted by molar-refractivity contribution is -0.0638. The van der Waals surface area contributed by atoms with Gasteiger partial charge in [-0.3, -0.25) is 0 Å². The van der Waals surface area contributed by atoms with Gasteiger partial charge in [0.1, 0.15) is 0 Å². The standard InChI is InChI=1S/C33H58O3S/c1-23(2)9-7-10-24(3)28-13-14-29-27-12-11-25-21-26(36-19-8-20-37-22-31(34)35-6)15-17-32(25,4)30(27)16-18-33(28,29)5/h11,23-24,26-31,34H,7-10,12-22H2,1-6H3. The number of thioether (sulfide) groups is 1. The van der Waals surface area contributed by atoms with E-state index in [1.54, 1.807) is 24.4 Å². The van der Waals surface area contributed by atoms with E-state index < -0.39 is 6.29 Å². The van der Waals surface area contributed by atoms with Crippen LogP contribution in [0.1, 0.15) is 112 Å². The van der Waals surface area contributed by atoms with Crippen LogP contribution in [0.25, 0.3) is 0 Å². The van der Waals surface area contributed by atoms with Gasteiger partial charge in [0.25, 0.3) is 0 Å². The van der Waals surface area contributed by atoms with E-state index in [0.29, 0.717) is 22.7 Å². The van der Waals surface area contributed by atoms with Crippen molar-refractivity contribution in [2.75, 3.05) is 25.2 Å². The average Bonchev–Trinajstić information content (AvgIpc) is 3.23. The van der Waals surface area contributed by atoms with Crippen molar-refractivity contribution in [3.8, 4) is 0 Å². The maximum absolute atomic E-state index is 9.50. The third-order valence-corrected chi connectivity index (χ3v) is 12.7. The summed E-state index contributed by atoms with van der Waals surface area (Å²) >= 11 is 1.75. The molecule has 214 valence electrons. The Hall–Kier alpha value is -0.0300. The van der Waals surface area contributed by atoms with Crippen molar-refractivity contribution in [2.45, 2.75) is 124 Å². The second-order valence-electron chi connectivity index (χ2n) is 14.1. The van der Waals surface area contributed by atoms with Crippen molar-refractivity contribution >= 4 is 11.8 Å². The lowest BCUT2D eigenvalue weighted by atomic mass is 9.47. The van der Waals surface area contributed by atoms with Gasteiger partial charge in [-0.25, -0.2) is 0 Å². The molecular formula is C33H58O3S. The molecule has 3 saturated carbocycles. The van der Waals surface area contributed by atoms with Crippen LogP contribution in [0.15, 0.2) is 11.6 Å². The van der Waals surface area contributed by atoms with Crippen molar-refractivity contribution in [3.05, 3.63) is 11.6 Å². The fourth-order valence-corrected chi connectivity index (χ4v) is 10.3. The number of ether oxygens (including phenoxy) is 2. The number of hydrogen-bond acceptors (Lipinski definition) is 4. The molecule has 0 aliphatic heterocycles. The molecule has 0 aromatic rings. The van der Waals surface area contributed by atoms with Gasteiger partial charge < -0.3 is 14.6 Å². The molecule has 0 spiro atoms. The third kappa shape index (κ3) is 6.66. The maximum Gasteiger partial charge on any atom is 0.163 e. The average molecular weight is 535 g/mol. The molecule has 0 bridgehead atoms. The minimum absolute atomic E-state index is 0.404. The van der Waals surface area contributed by atoms with Gasteiger partial charge in [-0.15, -0.1) is 0 Å². The highest BCUT2D eigenvalue weighted by Gasteiger charge is 2.59. The summed E-state index contributed by atoms with van der Waals surface area (Å²) < 4.78 is 11.3. The highest BCUT2D eigenvalue weighted by Crippen LogP contribution is 2.67. The third-order valence-electron chi connectivity index (χ3n) is 11.6. The van der Waals surface area contributed by atoms with E-state index in [0.717, 1.165) is 60.7 Å². The molecule has 3 nitrogen and oxygen atoms in total. The number of rotatable bonds is 13. The lowest BCUT2D eigenvalue weighted by Crippen LogP contribution is -2.51. The molecule has 9 unspecified atom stereocenters. The molecule has 4 rings (SSSR count). The van der Waals surface area contributed by atoms with Crippen molar-refractivity contribution in [2.24, 2.45) is 46.3 Å². The van der Waals surface area contributed by atoms with Gasteiger partial charge in [-0.2, -0.15) is 11.8 Å². The summed E-state index contributed by atoms with van der Waals surface area (Å²) in [7, 11) is 1.56. The quantitative estimate of drug-likeness (QED) is 0.146. The summed E-state index contributed by atoms with van der Waals surface area (Å²) in [6.07, 6.45) is 18.7. The van der Waals surface area contributed by atoms with Gasteiger partial charge in [0, 0.05) is 19.5 Å². The number of methoxy groups -OCH3 is 1. The minimum atomic E-state index is -0.644. The lowest BCUT2D eigenvalue weighted by Gasteiger charge is -2.58. The van der Waals surface area contributed by atoms with Crippen LogP contribution in [0.5, 0.6) is 0 Å². The Bertz CT molecular complexity index is 752. The molecule has 9 atom stereocenters. The van der Waals surface area contributed by atoms with Crippen molar-refractivity contribution in [1.29, 1.82) is 0 Å². The predicted octanol–water partition coefficient (Wildman–Crippen LogP) is 8.50. The molecule has 0 radical (unpaired) electrons. The number of fused-ring (bicyclic) bond motifs is 5. The zero-order valence-corrected chi connectivity index (χ0v) is 25.8. The number of aliphatic hydroxyl groups excluding tert-OH is 1. The van der Waals surface area contributed by atoms with Crippen LogP contribution in [0, 0.1) is 46.3 Å². The Morgan fingerprint density at radius 2 is 1.84 bits per heavy atom. The Morgan fingerprint density at radius 3 is 2.59 bits per heavy atom. The molecule has 37 heavy (non-hydrogen) atoms. The summed E-state index contributed by atoms with van der Waals surface area (Å²) in [5.74, 6) is 7.11. The number of allylic oxidation sites excluding steroid dienone is 1. The van der Waals surface area contributed by atoms with E-state index in [4.69, 9.17) is 9.47 Å². The smallest absolute Gasteiger partial charge is 0.163 e. The van der Waals surface area contributed by atoms with Gasteiger partial charge in [0.2, 0.25) is 0 Å². The van der Waals surface area contributed by atoms with E-state index in [1.807, 2.05) is 0 Å². The molecular weight excluding hydrogens is 476 g/mol. The second kappa shape index (κ2) is 13.1. The molecule has 4 aliphatic rings. The van der Waals surface area contributed by atoms with E-state index in [2.05, 4.69) is 40.7 Å². The fraction of sp³-hybridized carbons (Fsp3) is 0.939. The van der Waals surface area contributed by atoms with E-state index in [1.165, 1.54) is 64.2 Å². The Kier molecular flexibility index (Phi) is 10.6. The number of hydrogen-bond donors (Lipinski definition) is 1. The van der Waals surface area contributed by atoms with Crippen LogP contribution in [-0.4, -0.2) is 42.7 Å². The SMILES string of the molecule is COC(O)CSCCCOC1CCC2(C)C(=CCC3C2CCC2(C)C(C(C)CCCC(C)C)CCC32)C1. The van der Waals surface area contributed by atoms with Crippen LogP contribution in [-0.2, 0) is 9.47 Å². The van der Waals surface area contributed by atoms with Crippen LogP contribution >= 0.6 is 11.8 Å². The second-order valence-corrected chi connectivity index (χ2v) is 15.3. The molecule has 3 fully saturated rings. The summed E-state index contributed by atoms with van der Waals surface area (Å²) in [5, 5.41) is 9.50. The molecule has 0 saturated heterocycles. The summed E-state index contributed by atoms with van der Waals surface area (Å²) in [5.41, 5.74) is 2.73. The van der Waals surface area contributed by atoms with E-state index in [9.17, 15) is 5.11 Å². The van der Waals surface area contributed by atoms with Crippen LogP contribution in [0.2, 0.25) is 0 Å². The molecule has 0 aromatic heterocycles. The Balaban J connectivity index is 1.30. The number of aliphatic hydroxyl groups is 1. The largest absolute Gasteiger partial charge is 0.378 e. The monoisotopic (exact) mass is 534 g/mol. The zero-order chi connectivity index (χ0) is 26.6. The van der Waals surface area contributed by atoms with Gasteiger partial charge in [0.15, 0.2) is 6.29 Å². The van der Waals surface area contributed by atoms with Gasteiger partial charge in [-0.1, -0.05) is 65.5 Å². The van der Waals surface area contributed by atoms with Crippen LogP contribution in [0.4, 0.5) is 0 Å². The summed E-state index contributed by atoms with van der Waals surface area (Å²) in [6, 6.07) is 0. The van der Waals surface area contributed by atoms with Crippen molar-refractivity contribution in [3.63, 3.8) is 0 Å². The molecule has 0 amide bonds. The zero-order valence-electron chi connectivity index (χ0n) is 25.0. The van der Waals surface area contributed by atoms with Gasteiger partial charge >= 0.3 is 0 Å². The first kappa shape index (κ1) is 29.9. The highest BCUT2D eigenvalue weighted by molar-refractivity contribution is 7.99. The summed E-state index contributed by atoms with van der Waals surface area (Å²) in [6.45, 7) is 13.5. The maximum atomic E-state index is 9.50. The predicted molar refractivity (Wildman–Crippen MR) is 158 cm³/mol. The Morgan fingerprint density at radius 1 is 1.03 bits per heavy atom. The normalized spacial score (nSPS) is 39.0. The fourth-order valence-electron chi connectivity index (χ4n) is 9.46. The van der Waals surface area contributed by atoms with Gasteiger partial charge in [0.05, 0.1) is 6.10 Å². The first-order valence-corrected chi connectivity index (χ1v) is 16.9. The first-order valence-electron chi connectivity index (χ1n) is 15.8. The van der Waals surface area contributed by atoms with E-state index in [-0.39, 0.29) is 0 Å². The Labute approximate surface area is 233 Å². The minimum Gasteiger partial charge on any atom is -0.378 e. The van der Waals surface area contributed by atoms with Crippen LogP contribution in [0.3, 0.4) is 0 Å². The molecule has 4 aliphatic carbocycles. The van der Waals surface area contributed by atoms with Crippen LogP contribution < -0.4 is 0 Å². The topological polar surface area (TPSA) is 38.7 Å². The van der Waals surface area contributed by atoms with E-state index >= 15 is 0 Å². The molecule has 0 heterocycles. The molecule has 1 N–H and O–H groups in total. The van der Waals surface area contributed by atoms with Gasteiger partial charge in [-0.05, 0) is 110 Å². The molecule has 0 aromatic carbocycles. The first-order chi connectivity index (χ1) is 17.7. The molecule has 4 heteroatoms. The van der Waals surface area contributed by atoms with Crippen molar-refractivity contribution in [1.82, 2.24) is 0 Å².